The van der Waals surface area contributed by atoms with E-state index >= 15 is 0 Å². The summed E-state index contributed by atoms with van der Waals surface area (Å²) in [6.45, 7) is 1.81. The second-order valence-electron chi connectivity index (χ2n) is 5.22. The highest BCUT2D eigenvalue weighted by Crippen LogP contribution is 2.12. The van der Waals surface area contributed by atoms with Gasteiger partial charge in [0.2, 0.25) is 0 Å². The van der Waals surface area contributed by atoms with Gasteiger partial charge in [0.15, 0.2) is 0 Å². The third kappa shape index (κ3) is 4.73. The van der Waals surface area contributed by atoms with Crippen LogP contribution in [0, 0.1) is 11.7 Å². The fourth-order valence-electron chi connectivity index (χ4n) is 2.19. The first-order chi connectivity index (χ1) is 10.6. The van der Waals surface area contributed by atoms with Crippen LogP contribution in [0.2, 0.25) is 0 Å². The smallest absolute Gasteiger partial charge is 0.270 e. The van der Waals surface area contributed by atoms with E-state index in [0.29, 0.717) is 18.5 Å². The van der Waals surface area contributed by atoms with Crippen molar-refractivity contribution in [3.05, 3.63) is 52.2 Å². The van der Waals surface area contributed by atoms with E-state index in [9.17, 15) is 14.0 Å². The molecule has 2 aromatic rings. The Kier molecular flexibility index (Phi) is 5.77. The van der Waals surface area contributed by atoms with Crippen molar-refractivity contribution >= 4 is 23.5 Å². The summed E-state index contributed by atoms with van der Waals surface area (Å²) in [6.07, 6.45) is 1.93. The van der Waals surface area contributed by atoms with Crippen LogP contribution in [0.5, 0.6) is 0 Å². The summed E-state index contributed by atoms with van der Waals surface area (Å²) in [6, 6.07) is 5.93. The number of carbonyl (C=O) groups excluding carboxylic acids is 2. The highest BCUT2D eigenvalue weighted by Gasteiger charge is 2.18. The normalized spacial score (nSPS) is 13.4. The summed E-state index contributed by atoms with van der Waals surface area (Å²) in [5.74, 6) is -0.722. The van der Waals surface area contributed by atoms with Gasteiger partial charge in [0, 0.05) is 17.3 Å². The third-order valence-electron chi connectivity index (χ3n) is 3.28. The Morgan fingerprint density at radius 1 is 1.41 bits per heavy atom. The number of thiazole rings is 1. The summed E-state index contributed by atoms with van der Waals surface area (Å²) < 4.78 is 13.0. The van der Waals surface area contributed by atoms with Gasteiger partial charge in [-0.25, -0.2) is 9.37 Å². The van der Waals surface area contributed by atoms with Crippen LogP contribution in [-0.2, 0) is 11.2 Å². The molecule has 0 saturated heterocycles. The third-order valence-corrected chi connectivity index (χ3v) is 3.87. The molecule has 0 saturated carbocycles. The van der Waals surface area contributed by atoms with E-state index in [-0.39, 0.29) is 23.7 Å². The monoisotopic (exact) mass is 320 g/mol. The van der Waals surface area contributed by atoms with E-state index in [1.807, 2.05) is 0 Å². The number of aldehydes is 1. The van der Waals surface area contributed by atoms with Gasteiger partial charge in [-0.3, -0.25) is 4.79 Å². The van der Waals surface area contributed by atoms with E-state index in [0.717, 1.165) is 11.8 Å². The van der Waals surface area contributed by atoms with E-state index in [1.54, 1.807) is 29.9 Å². The molecule has 0 aliphatic heterocycles. The van der Waals surface area contributed by atoms with Crippen molar-refractivity contribution in [1.29, 1.82) is 0 Å². The molecular formula is C16H17FN2O2S. The molecule has 1 amide bonds. The maximum absolute atomic E-state index is 13.0. The number of halogens is 1. The molecule has 116 valence electrons. The molecule has 22 heavy (non-hydrogen) atoms. The van der Waals surface area contributed by atoms with Crippen LogP contribution in [0.25, 0.3) is 0 Å². The van der Waals surface area contributed by atoms with E-state index in [4.69, 9.17) is 0 Å². The van der Waals surface area contributed by atoms with Crippen molar-refractivity contribution in [3.63, 3.8) is 0 Å². The Hall–Kier alpha value is -2.08. The number of rotatable bonds is 7. The minimum Gasteiger partial charge on any atom is -0.348 e. The zero-order valence-corrected chi connectivity index (χ0v) is 13.0. The Labute approximate surface area is 132 Å². The van der Waals surface area contributed by atoms with E-state index < -0.39 is 0 Å². The first-order valence-corrected chi connectivity index (χ1v) is 7.91. The van der Waals surface area contributed by atoms with Crippen LogP contribution in [0.4, 0.5) is 4.39 Å². The lowest BCUT2D eigenvalue weighted by Crippen LogP contribution is -2.38. The molecule has 2 atom stereocenters. The number of amides is 1. The molecule has 2 rings (SSSR count). The number of nitrogens with one attached hydrogen (secondary N) is 1. The first kappa shape index (κ1) is 16.3. The molecule has 0 radical (unpaired) electrons. The summed E-state index contributed by atoms with van der Waals surface area (Å²) >= 11 is 1.35. The zero-order valence-electron chi connectivity index (χ0n) is 12.2. The average molecular weight is 320 g/mol. The highest BCUT2D eigenvalue weighted by atomic mass is 32.1. The van der Waals surface area contributed by atoms with Crippen molar-refractivity contribution in [3.8, 4) is 0 Å². The maximum Gasteiger partial charge on any atom is 0.270 e. The average Bonchev–Trinajstić information content (AvgIpc) is 3.03. The number of nitrogens with zero attached hydrogens (tertiary/aromatic N) is 1. The Morgan fingerprint density at radius 3 is 2.73 bits per heavy atom. The fourth-order valence-corrected chi connectivity index (χ4v) is 2.72. The van der Waals surface area contributed by atoms with Crippen LogP contribution in [-0.4, -0.2) is 23.2 Å². The highest BCUT2D eigenvalue weighted by molar-refractivity contribution is 7.07. The van der Waals surface area contributed by atoms with Gasteiger partial charge in [-0.05, 0) is 30.5 Å². The predicted octanol–water partition coefficient (Wildman–Crippen LogP) is 2.85. The molecule has 1 heterocycles. The van der Waals surface area contributed by atoms with Gasteiger partial charge in [0.25, 0.3) is 5.91 Å². The molecule has 0 unspecified atom stereocenters. The molecule has 6 heteroatoms. The van der Waals surface area contributed by atoms with Gasteiger partial charge in [-0.15, -0.1) is 11.3 Å². The summed E-state index contributed by atoms with van der Waals surface area (Å²) in [5.41, 5.74) is 2.87. The van der Waals surface area contributed by atoms with Crippen molar-refractivity contribution in [2.45, 2.75) is 25.8 Å². The van der Waals surface area contributed by atoms with Crippen LogP contribution >= 0.6 is 11.3 Å². The van der Waals surface area contributed by atoms with Gasteiger partial charge < -0.3 is 10.1 Å². The molecule has 1 N–H and O–H groups in total. The Balaban J connectivity index is 2.06. The molecule has 0 aliphatic rings. The number of carbonyl (C=O) groups is 2. The Bertz CT molecular complexity index is 614. The molecule has 0 bridgehead atoms. The second kappa shape index (κ2) is 7.79. The lowest BCUT2D eigenvalue weighted by molar-refractivity contribution is -0.111. The summed E-state index contributed by atoms with van der Waals surface area (Å²) in [7, 11) is 0. The summed E-state index contributed by atoms with van der Waals surface area (Å²) in [4.78, 5) is 27.0. The lowest BCUT2D eigenvalue weighted by Gasteiger charge is -2.20. The van der Waals surface area contributed by atoms with Crippen LogP contribution in [0.1, 0.15) is 29.4 Å². The lowest BCUT2D eigenvalue weighted by atomic mass is 9.97. The Morgan fingerprint density at radius 2 is 2.14 bits per heavy atom. The van der Waals surface area contributed by atoms with Crippen LogP contribution in [0.15, 0.2) is 35.2 Å². The quantitative estimate of drug-likeness (QED) is 0.798. The maximum atomic E-state index is 13.0. The standard InChI is InChI=1S/C16H17FN2O2S/c1-11(8-20)6-14(7-12-2-4-13(17)5-3-12)19-16(21)15-9-22-10-18-15/h2-5,8-11,14H,6-7H2,1H3,(H,19,21)/t11-,14+/m0/s1. The molecule has 0 aliphatic carbocycles. The first-order valence-electron chi connectivity index (χ1n) is 6.97. The van der Waals surface area contributed by atoms with Crippen molar-refractivity contribution in [2.24, 2.45) is 5.92 Å². The minimum atomic E-state index is -0.298. The minimum absolute atomic E-state index is 0.166. The SMILES string of the molecule is C[C@H](C=O)C[C@H](Cc1ccc(F)cc1)NC(=O)c1cscn1. The molecule has 1 aromatic carbocycles. The zero-order chi connectivity index (χ0) is 15.9. The molecular weight excluding hydrogens is 303 g/mol. The molecule has 1 aromatic heterocycles. The van der Waals surface area contributed by atoms with Gasteiger partial charge in [-0.2, -0.15) is 0 Å². The van der Waals surface area contributed by atoms with E-state index in [2.05, 4.69) is 10.3 Å². The number of aromatic nitrogens is 1. The predicted molar refractivity (Wildman–Crippen MR) is 83.3 cm³/mol. The number of benzene rings is 1. The van der Waals surface area contributed by atoms with Gasteiger partial charge in [-0.1, -0.05) is 19.1 Å². The van der Waals surface area contributed by atoms with Gasteiger partial charge in [0.05, 0.1) is 5.51 Å². The van der Waals surface area contributed by atoms with Crippen molar-refractivity contribution in [2.75, 3.05) is 0 Å². The van der Waals surface area contributed by atoms with Gasteiger partial charge >= 0.3 is 0 Å². The topological polar surface area (TPSA) is 59.1 Å². The van der Waals surface area contributed by atoms with Crippen molar-refractivity contribution in [1.82, 2.24) is 10.3 Å². The second-order valence-corrected chi connectivity index (χ2v) is 5.94. The summed E-state index contributed by atoms with van der Waals surface area (Å²) in [5, 5.41) is 4.57. The van der Waals surface area contributed by atoms with Crippen LogP contribution in [0.3, 0.4) is 0 Å². The molecule has 4 nitrogen and oxygen atoms in total. The van der Waals surface area contributed by atoms with Gasteiger partial charge in [0.1, 0.15) is 17.8 Å². The number of hydrogen-bond acceptors (Lipinski definition) is 4. The molecule has 0 fully saturated rings. The fraction of sp³-hybridized carbons (Fsp3) is 0.312. The number of hydrogen-bond donors (Lipinski definition) is 1. The van der Waals surface area contributed by atoms with E-state index in [1.165, 1.54) is 23.5 Å². The molecule has 0 spiro atoms. The van der Waals surface area contributed by atoms with Crippen LogP contribution < -0.4 is 5.32 Å². The largest absolute Gasteiger partial charge is 0.348 e. The van der Waals surface area contributed by atoms with Crippen molar-refractivity contribution < 1.29 is 14.0 Å².